The Morgan fingerprint density at radius 1 is 1.11 bits per heavy atom. The minimum atomic E-state index is -1.70. The lowest BCUT2D eigenvalue weighted by molar-refractivity contribution is 0.119. The van der Waals surface area contributed by atoms with Crippen LogP contribution in [-0.2, 0) is 4.43 Å². The lowest BCUT2D eigenvalue weighted by atomic mass is 10.2. The maximum atomic E-state index is 10.1. The van der Waals surface area contributed by atoms with E-state index in [-0.39, 0.29) is 5.60 Å². The van der Waals surface area contributed by atoms with Gasteiger partial charge in [-0.05, 0) is 41.8 Å². The predicted molar refractivity (Wildman–Crippen MR) is 85.0 cm³/mol. The lowest BCUT2D eigenvalue weighted by Crippen LogP contribution is -2.48. The fourth-order valence-corrected chi connectivity index (χ4v) is 9.52. The zero-order valence-corrected chi connectivity index (χ0v) is 15.0. The van der Waals surface area contributed by atoms with E-state index in [4.69, 9.17) is 4.43 Å². The monoisotopic (exact) mass is 286 g/mol. The SMILES string of the molecule is CC[C@@]1(O)C[C@H]1CCO[Si](C(C)C)(C(C)C)C(C)C. The smallest absolute Gasteiger partial charge is 0.200 e. The molecule has 3 heteroatoms. The number of hydrogen-bond acceptors (Lipinski definition) is 2. The molecule has 2 nitrogen and oxygen atoms in total. The molecule has 19 heavy (non-hydrogen) atoms. The average molecular weight is 287 g/mol. The minimum absolute atomic E-state index is 0.360. The molecule has 0 aromatic rings. The van der Waals surface area contributed by atoms with Crippen molar-refractivity contribution in [3.05, 3.63) is 0 Å². The molecule has 0 aliphatic heterocycles. The van der Waals surface area contributed by atoms with E-state index in [9.17, 15) is 5.11 Å². The van der Waals surface area contributed by atoms with Gasteiger partial charge in [0.2, 0.25) is 0 Å². The Labute approximate surface area is 121 Å². The van der Waals surface area contributed by atoms with Gasteiger partial charge >= 0.3 is 0 Å². The quantitative estimate of drug-likeness (QED) is 0.654. The summed E-state index contributed by atoms with van der Waals surface area (Å²) in [6.45, 7) is 16.9. The standard InChI is InChI=1S/C16H34O2Si/c1-8-16(17)11-15(16)9-10-18-19(12(2)3,13(4)5)14(6)7/h12-15,17H,8-11H2,1-7H3/t15-,16-/m1/s1. The molecular weight excluding hydrogens is 252 g/mol. The van der Waals surface area contributed by atoms with Gasteiger partial charge in [-0.1, -0.05) is 48.5 Å². The summed E-state index contributed by atoms with van der Waals surface area (Å²) in [5.41, 5.74) is 1.59. The molecule has 114 valence electrons. The molecule has 0 amide bonds. The van der Waals surface area contributed by atoms with Crippen molar-refractivity contribution in [2.75, 3.05) is 6.61 Å². The molecule has 0 aromatic carbocycles. The third kappa shape index (κ3) is 3.42. The van der Waals surface area contributed by atoms with Crippen LogP contribution in [0, 0.1) is 5.92 Å². The van der Waals surface area contributed by atoms with Crippen molar-refractivity contribution in [3.8, 4) is 0 Å². The molecular formula is C16H34O2Si. The van der Waals surface area contributed by atoms with Crippen LogP contribution in [0.25, 0.3) is 0 Å². The first-order chi connectivity index (χ1) is 8.70. The first-order valence-electron chi connectivity index (χ1n) is 8.07. The van der Waals surface area contributed by atoms with E-state index in [1.807, 2.05) is 0 Å². The molecule has 0 aromatic heterocycles. The van der Waals surface area contributed by atoms with Crippen molar-refractivity contribution in [1.29, 1.82) is 0 Å². The van der Waals surface area contributed by atoms with Crippen molar-refractivity contribution in [2.24, 2.45) is 5.92 Å². The summed E-state index contributed by atoms with van der Waals surface area (Å²) in [5, 5.41) is 10.1. The topological polar surface area (TPSA) is 29.5 Å². The van der Waals surface area contributed by atoms with Crippen molar-refractivity contribution < 1.29 is 9.53 Å². The van der Waals surface area contributed by atoms with E-state index in [0.29, 0.717) is 22.5 Å². The number of hydrogen-bond donors (Lipinski definition) is 1. The third-order valence-corrected chi connectivity index (χ3v) is 11.5. The van der Waals surface area contributed by atoms with E-state index in [1.165, 1.54) is 0 Å². The molecule has 1 aliphatic rings. The van der Waals surface area contributed by atoms with Crippen LogP contribution in [0.3, 0.4) is 0 Å². The van der Waals surface area contributed by atoms with Crippen LogP contribution in [0.1, 0.15) is 67.7 Å². The normalized spacial score (nSPS) is 27.6. The van der Waals surface area contributed by atoms with E-state index in [2.05, 4.69) is 48.5 Å². The Morgan fingerprint density at radius 3 is 1.89 bits per heavy atom. The summed E-state index contributed by atoms with van der Waals surface area (Å²) >= 11 is 0. The van der Waals surface area contributed by atoms with Crippen molar-refractivity contribution in [2.45, 2.75) is 90.0 Å². The number of rotatable bonds is 8. The highest BCUT2D eigenvalue weighted by Gasteiger charge is 2.51. The summed E-state index contributed by atoms with van der Waals surface area (Å²) in [4.78, 5) is 0. The van der Waals surface area contributed by atoms with Crippen LogP contribution in [0.4, 0.5) is 0 Å². The van der Waals surface area contributed by atoms with Gasteiger partial charge in [-0.25, -0.2) is 0 Å². The Hall–Kier alpha value is 0.137. The third-order valence-electron chi connectivity index (χ3n) is 5.34. The van der Waals surface area contributed by atoms with E-state index in [0.717, 1.165) is 25.9 Å². The fourth-order valence-electron chi connectivity index (χ4n) is 4.05. The van der Waals surface area contributed by atoms with Crippen LogP contribution < -0.4 is 0 Å². The average Bonchev–Trinajstić information content (AvgIpc) is 2.95. The molecule has 1 saturated carbocycles. The first-order valence-corrected chi connectivity index (χ1v) is 10.2. The molecule has 1 aliphatic carbocycles. The molecule has 1 fully saturated rings. The zero-order chi connectivity index (χ0) is 14.8. The molecule has 0 heterocycles. The molecule has 0 unspecified atom stereocenters. The summed E-state index contributed by atoms with van der Waals surface area (Å²) in [5.74, 6) is 0.482. The lowest BCUT2D eigenvalue weighted by Gasteiger charge is -2.42. The van der Waals surface area contributed by atoms with Gasteiger partial charge in [0.1, 0.15) is 0 Å². The highest BCUT2D eigenvalue weighted by Crippen LogP contribution is 2.49. The first kappa shape index (κ1) is 17.2. The Morgan fingerprint density at radius 2 is 1.58 bits per heavy atom. The van der Waals surface area contributed by atoms with Gasteiger partial charge in [0.05, 0.1) is 5.60 Å². The summed E-state index contributed by atoms with van der Waals surface area (Å²) in [6.07, 6.45) is 2.90. The second-order valence-corrected chi connectivity index (χ2v) is 12.8. The van der Waals surface area contributed by atoms with Crippen LogP contribution in [0.2, 0.25) is 16.6 Å². The highest BCUT2D eigenvalue weighted by atomic mass is 28.4. The van der Waals surface area contributed by atoms with Crippen molar-refractivity contribution >= 4 is 8.32 Å². The van der Waals surface area contributed by atoms with Crippen LogP contribution in [0.5, 0.6) is 0 Å². The van der Waals surface area contributed by atoms with Gasteiger partial charge in [-0.3, -0.25) is 0 Å². The van der Waals surface area contributed by atoms with E-state index < -0.39 is 8.32 Å². The highest BCUT2D eigenvalue weighted by molar-refractivity contribution is 6.77. The van der Waals surface area contributed by atoms with Gasteiger partial charge in [-0.2, -0.15) is 0 Å². The molecule has 0 spiro atoms. The van der Waals surface area contributed by atoms with Crippen LogP contribution in [-0.4, -0.2) is 25.6 Å². The van der Waals surface area contributed by atoms with Crippen molar-refractivity contribution in [3.63, 3.8) is 0 Å². The molecule has 1 N–H and O–H groups in total. The molecule has 2 atom stereocenters. The van der Waals surface area contributed by atoms with Crippen LogP contribution in [0.15, 0.2) is 0 Å². The molecule has 0 bridgehead atoms. The Balaban J connectivity index is 2.55. The summed E-state index contributed by atoms with van der Waals surface area (Å²) in [7, 11) is -1.70. The summed E-state index contributed by atoms with van der Waals surface area (Å²) < 4.78 is 6.53. The number of aliphatic hydroxyl groups is 1. The predicted octanol–water partition coefficient (Wildman–Crippen LogP) is 4.73. The van der Waals surface area contributed by atoms with Crippen LogP contribution >= 0.6 is 0 Å². The largest absolute Gasteiger partial charge is 0.416 e. The van der Waals surface area contributed by atoms with Crippen molar-refractivity contribution in [1.82, 2.24) is 0 Å². The second kappa shape index (κ2) is 6.27. The second-order valence-electron chi connectivity index (χ2n) is 7.31. The molecule has 1 rings (SSSR count). The molecule has 0 radical (unpaired) electrons. The minimum Gasteiger partial charge on any atom is -0.416 e. The summed E-state index contributed by atoms with van der Waals surface area (Å²) in [6, 6.07) is 0. The van der Waals surface area contributed by atoms with E-state index in [1.54, 1.807) is 0 Å². The van der Waals surface area contributed by atoms with Gasteiger partial charge in [0.25, 0.3) is 0 Å². The Bertz CT molecular complexity index is 267. The van der Waals surface area contributed by atoms with E-state index >= 15 is 0 Å². The Kier molecular flexibility index (Phi) is 5.68. The van der Waals surface area contributed by atoms with Gasteiger partial charge in [0, 0.05) is 6.61 Å². The molecule has 0 saturated heterocycles. The fraction of sp³-hybridized carbons (Fsp3) is 1.00. The van der Waals surface area contributed by atoms with Gasteiger partial charge < -0.3 is 9.53 Å². The van der Waals surface area contributed by atoms with Gasteiger partial charge in [-0.15, -0.1) is 0 Å². The van der Waals surface area contributed by atoms with Gasteiger partial charge in [0.15, 0.2) is 8.32 Å². The zero-order valence-electron chi connectivity index (χ0n) is 14.0. The maximum absolute atomic E-state index is 10.1. The maximum Gasteiger partial charge on any atom is 0.200 e.